The Balaban J connectivity index is 1.41. The summed E-state index contributed by atoms with van der Waals surface area (Å²) in [4.78, 5) is 18.1. The van der Waals surface area contributed by atoms with Gasteiger partial charge in [0.15, 0.2) is 5.82 Å². The second kappa shape index (κ2) is 11.8. The van der Waals surface area contributed by atoms with Gasteiger partial charge in [0.1, 0.15) is 35.1 Å². The number of halogens is 5. The maximum absolute atomic E-state index is 16.8. The van der Waals surface area contributed by atoms with Crippen LogP contribution in [0.2, 0.25) is 5.02 Å². The van der Waals surface area contributed by atoms with Gasteiger partial charge in [-0.2, -0.15) is 23.1 Å². The van der Waals surface area contributed by atoms with Gasteiger partial charge < -0.3 is 30.2 Å². The molecule has 2 aromatic heterocycles. The Kier molecular flexibility index (Phi) is 8.05. The molecule has 3 aromatic rings. The van der Waals surface area contributed by atoms with Crippen LogP contribution < -0.4 is 25.4 Å². The number of piperazine rings is 1. The fourth-order valence-electron chi connectivity index (χ4n) is 7.36. The van der Waals surface area contributed by atoms with E-state index in [9.17, 15) is 13.2 Å². The second-order valence-corrected chi connectivity index (χ2v) is 12.9. The van der Waals surface area contributed by atoms with Crippen molar-refractivity contribution >= 4 is 34.0 Å². The molecule has 0 spiro atoms. The van der Waals surface area contributed by atoms with Crippen LogP contribution in [0.1, 0.15) is 44.2 Å². The lowest BCUT2D eigenvalue weighted by Gasteiger charge is -2.42. The molecule has 4 aliphatic rings. The van der Waals surface area contributed by atoms with Gasteiger partial charge in [0, 0.05) is 43.3 Å². The van der Waals surface area contributed by atoms with Crippen LogP contribution in [0.5, 0.6) is 11.9 Å². The van der Waals surface area contributed by atoms with Gasteiger partial charge >= 0.3 is 12.2 Å². The number of anilines is 2. The van der Waals surface area contributed by atoms with E-state index in [0.29, 0.717) is 38.2 Å². The number of aryl methyl sites for hydroxylation is 1. The molecule has 3 saturated heterocycles. The van der Waals surface area contributed by atoms with Gasteiger partial charge in [0.2, 0.25) is 5.88 Å². The molecule has 7 rings (SSSR count). The molecule has 15 heteroatoms. The monoisotopic (exact) mass is 665 g/mol. The largest absolute Gasteiger partial charge is 0.472 e. The van der Waals surface area contributed by atoms with Crippen LogP contribution in [0.3, 0.4) is 0 Å². The number of nitrogen functional groups attached to an aromatic ring is 1. The first kappa shape index (κ1) is 31.4. The second-order valence-electron chi connectivity index (χ2n) is 12.5. The summed E-state index contributed by atoms with van der Waals surface area (Å²) < 4.78 is 78.4. The van der Waals surface area contributed by atoms with Crippen LogP contribution in [-0.4, -0.2) is 89.6 Å². The van der Waals surface area contributed by atoms with E-state index in [4.69, 9.17) is 36.5 Å². The molecule has 0 aliphatic carbocycles. The van der Waals surface area contributed by atoms with Gasteiger partial charge in [-0.25, -0.2) is 9.37 Å². The van der Waals surface area contributed by atoms with Crippen LogP contribution in [0.15, 0.2) is 6.07 Å². The van der Waals surface area contributed by atoms with Gasteiger partial charge in [0.25, 0.3) is 0 Å². The Hall–Kier alpha value is -3.20. The van der Waals surface area contributed by atoms with E-state index in [1.165, 1.54) is 6.92 Å². The molecule has 3 N–H and O–H groups in total. The highest BCUT2D eigenvalue weighted by molar-refractivity contribution is 6.36. The molecule has 248 valence electrons. The summed E-state index contributed by atoms with van der Waals surface area (Å²) in [6, 6.07) is 1.35. The third kappa shape index (κ3) is 5.26. The average Bonchev–Trinajstić information content (AvgIpc) is 3.40. The number of ether oxygens (including phenoxy) is 3. The van der Waals surface area contributed by atoms with Crippen molar-refractivity contribution in [3.05, 3.63) is 28.0 Å². The van der Waals surface area contributed by atoms with E-state index in [1.807, 2.05) is 6.92 Å². The number of alkyl halides is 3. The Morgan fingerprint density at radius 2 is 2.02 bits per heavy atom. The van der Waals surface area contributed by atoms with Crippen molar-refractivity contribution in [1.29, 1.82) is 0 Å². The van der Waals surface area contributed by atoms with E-state index < -0.39 is 39.9 Å². The van der Waals surface area contributed by atoms with Crippen LogP contribution in [0.4, 0.5) is 29.1 Å². The normalized spacial score (nSPS) is 26.4. The quantitative estimate of drug-likeness (QED) is 0.286. The zero-order valence-corrected chi connectivity index (χ0v) is 26.5. The third-order valence-electron chi connectivity index (χ3n) is 9.74. The molecule has 10 nitrogen and oxygen atoms in total. The van der Waals surface area contributed by atoms with Crippen molar-refractivity contribution in [2.75, 3.05) is 50.1 Å². The fraction of sp³-hybridized carbons (Fsp3) is 0.581. The number of nitrogens with two attached hydrogens (primary N) is 1. The standard InChI is InChI=1S/C31H36ClF4N7O3/c1-4-16-11-43-20(10-38-16)15(3)46-29-22-27(25(33)26(39-29)21-23(31(34,35)36)14(2)9-19(37)24(21)32)40-30(41-28(22)43)45-13-18-6-5-17-12-44-8-7-42(17)18/h9,15-18,20,38H,4-8,10-13,37H2,1-3H3/t15-,16+,17-,18-,20-/m0/s1. The Bertz CT molecular complexity index is 1680. The molecule has 0 radical (unpaired) electrons. The topological polar surface area (TPSA) is 111 Å². The number of rotatable bonds is 5. The van der Waals surface area contributed by atoms with Crippen molar-refractivity contribution in [2.45, 2.75) is 76.5 Å². The SMILES string of the molecule is CC[C@@H]1CN2c3nc(OC[C@@H]4CC[C@H]5COCCN54)nc4c(F)c(-c5c(Cl)c(N)cc(C)c5C(F)(F)F)nc(c34)O[C@@H](C)[C@@H]2CN1. The lowest BCUT2D eigenvalue weighted by Crippen LogP contribution is -2.60. The van der Waals surface area contributed by atoms with Crippen LogP contribution in [0, 0.1) is 12.7 Å². The molecule has 46 heavy (non-hydrogen) atoms. The summed E-state index contributed by atoms with van der Waals surface area (Å²) >= 11 is 6.42. The van der Waals surface area contributed by atoms with Gasteiger partial charge in [-0.3, -0.25) is 4.90 Å². The highest BCUT2D eigenvalue weighted by atomic mass is 35.5. The first-order valence-corrected chi connectivity index (χ1v) is 16.0. The van der Waals surface area contributed by atoms with Crippen LogP contribution in [-0.2, 0) is 10.9 Å². The Morgan fingerprint density at radius 1 is 1.22 bits per heavy atom. The van der Waals surface area contributed by atoms with Gasteiger partial charge in [-0.15, -0.1) is 0 Å². The van der Waals surface area contributed by atoms with E-state index in [1.54, 1.807) is 0 Å². The molecule has 0 saturated carbocycles. The summed E-state index contributed by atoms with van der Waals surface area (Å²) in [5.74, 6) is -0.821. The highest BCUT2D eigenvalue weighted by Crippen LogP contribution is 2.48. The van der Waals surface area contributed by atoms with Crippen LogP contribution in [0.25, 0.3) is 22.2 Å². The summed E-state index contributed by atoms with van der Waals surface area (Å²) in [7, 11) is 0. The molecular weight excluding hydrogens is 630 g/mol. The number of nitrogens with one attached hydrogen (secondary N) is 1. The average molecular weight is 666 g/mol. The highest BCUT2D eigenvalue weighted by Gasteiger charge is 2.42. The minimum Gasteiger partial charge on any atom is -0.472 e. The number of hydrogen-bond donors (Lipinski definition) is 2. The fourth-order valence-corrected chi connectivity index (χ4v) is 7.60. The Morgan fingerprint density at radius 3 is 2.78 bits per heavy atom. The zero-order valence-electron chi connectivity index (χ0n) is 25.8. The minimum atomic E-state index is -4.88. The minimum absolute atomic E-state index is 0.0769. The van der Waals surface area contributed by atoms with Crippen molar-refractivity contribution < 1.29 is 31.8 Å². The summed E-state index contributed by atoms with van der Waals surface area (Å²) in [5, 5.41) is 3.22. The number of hydrogen-bond acceptors (Lipinski definition) is 10. The van der Waals surface area contributed by atoms with Gasteiger partial charge in [-0.05, 0) is 44.7 Å². The predicted octanol–water partition coefficient (Wildman–Crippen LogP) is 4.97. The smallest absolute Gasteiger partial charge is 0.417 e. The molecule has 0 amide bonds. The van der Waals surface area contributed by atoms with Crippen molar-refractivity contribution in [1.82, 2.24) is 25.2 Å². The molecule has 0 bridgehead atoms. The van der Waals surface area contributed by atoms with E-state index >= 15 is 4.39 Å². The number of fused-ring (bicyclic) bond motifs is 3. The number of pyridine rings is 1. The zero-order chi connectivity index (χ0) is 32.5. The lowest BCUT2D eigenvalue weighted by atomic mass is 9.96. The molecule has 1 aromatic carbocycles. The first-order valence-electron chi connectivity index (χ1n) is 15.7. The number of morpholine rings is 1. The summed E-state index contributed by atoms with van der Waals surface area (Å²) in [6.07, 6.45) is -2.66. The molecule has 4 aliphatic heterocycles. The van der Waals surface area contributed by atoms with E-state index in [0.717, 1.165) is 31.9 Å². The molecule has 0 unspecified atom stereocenters. The van der Waals surface area contributed by atoms with Crippen molar-refractivity contribution in [3.63, 3.8) is 0 Å². The summed E-state index contributed by atoms with van der Waals surface area (Å²) in [5.41, 5.74) is 2.93. The summed E-state index contributed by atoms with van der Waals surface area (Å²) in [6.45, 7) is 8.60. The Labute approximate surface area is 268 Å². The third-order valence-corrected chi connectivity index (χ3v) is 10.1. The van der Waals surface area contributed by atoms with Crippen molar-refractivity contribution in [3.8, 4) is 23.1 Å². The van der Waals surface area contributed by atoms with E-state index in [2.05, 4.69) is 32.0 Å². The van der Waals surface area contributed by atoms with Gasteiger partial charge in [-0.1, -0.05) is 18.5 Å². The van der Waals surface area contributed by atoms with Gasteiger partial charge in [0.05, 0.1) is 35.5 Å². The van der Waals surface area contributed by atoms with E-state index in [-0.39, 0.29) is 58.8 Å². The number of nitrogens with zero attached hydrogens (tertiary/aromatic N) is 5. The maximum atomic E-state index is 16.8. The van der Waals surface area contributed by atoms with Crippen molar-refractivity contribution in [2.24, 2.45) is 0 Å². The molecular formula is C31H36ClF4N7O3. The lowest BCUT2D eigenvalue weighted by molar-refractivity contribution is -0.137. The molecule has 6 heterocycles. The van der Waals surface area contributed by atoms with Crippen LogP contribution >= 0.6 is 11.6 Å². The number of benzene rings is 1. The maximum Gasteiger partial charge on any atom is 0.417 e. The molecule has 5 atom stereocenters. The number of aromatic nitrogens is 3. The molecule has 3 fully saturated rings. The predicted molar refractivity (Wildman–Crippen MR) is 165 cm³/mol. The first-order chi connectivity index (χ1) is 22.0.